The Hall–Kier alpha value is -0.860. The molecule has 1 aliphatic carbocycles. The lowest BCUT2D eigenvalue weighted by atomic mass is 9.95. The Morgan fingerprint density at radius 2 is 1.77 bits per heavy atom. The summed E-state index contributed by atoms with van der Waals surface area (Å²) < 4.78 is 0. The number of H-pyrrole nitrogens is 1. The van der Waals surface area contributed by atoms with E-state index in [0.717, 1.165) is 5.69 Å². The average Bonchev–Trinajstić information content (AvgIpc) is 2.43. The molecule has 0 amide bonds. The van der Waals surface area contributed by atoms with Crippen LogP contribution in [0.4, 0.5) is 0 Å². The highest BCUT2D eigenvalue weighted by Crippen LogP contribution is 2.31. The van der Waals surface area contributed by atoms with Crippen LogP contribution < -0.4 is 0 Å². The molecule has 0 bridgehead atoms. The van der Waals surface area contributed by atoms with Crippen LogP contribution in [-0.4, -0.2) is 15.4 Å². The molecule has 1 heterocycles. The van der Waals surface area contributed by atoms with Gasteiger partial charge in [0.2, 0.25) is 0 Å². The highest BCUT2D eigenvalue weighted by atomic mass is 15.3. The smallest absolute Gasteiger partial charge is 0.0884 e. The fourth-order valence-corrected chi connectivity index (χ4v) is 2.23. The van der Waals surface area contributed by atoms with E-state index in [2.05, 4.69) is 15.4 Å². The normalized spacial score (nSPS) is 20.1. The van der Waals surface area contributed by atoms with E-state index in [1.165, 1.54) is 44.2 Å². The third-order valence-corrected chi connectivity index (χ3v) is 3.00. The van der Waals surface area contributed by atoms with Crippen molar-refractivity contribution in [3.8, 4) is 0 Å². The minimum absolute atomic E-state index is 0.668. The number of hydrogen-bond donors (Lipinski definition) is 1. The van der Waals surface area contributed by atoms with Crippen molar-refractivity contribution in [2.24, 2.45) is 0 Å². The maximum Gasteiger partial charge on any atom is 0.0884 e. The molecule has 0 atom stereocenters. The molecular weight excluding hydrogens is 162 g/mol. The quantitative estimate of drug-likeness (QED) is 0.673. The third-order valence-electron chi connectivity index (χ3n) is 3.00. The average molecular weight is 179 g/mol. The van der Waals surface area contributed by atoms with Gasteiger partial charge in [0.15, 0.2) is 0 Å². The Kier molecular flexibility index (Phi) is 2.62. The summed E-state index contributed by atoms with van der Waals surface area (Å²) >= 11 is 0. The monoisotopic (exact) mass is 179 g/mol. The zero-order chi connectivity index (χ0) is 9.10. The van der Waals surface area contributed by atoms with Crippen LogP contribution in [0.5, 0.6) is 0 Å². The number of aryl methyl sites for hydroxylation is 1. The predicted molar refractivity (Wildman–Crippen MR) is 51.6 cm³/mol. The topological polar surface area (TPSA) is 41.6 Å². The predicted octanol–water partition coefficient (Wildman–Crippen LogP) is 2.55. The first-order valence-electron chi connectivity index (χ1n) is 5.25. The van der Waals surface area contributed by atoms with Crippen molar-refractivity contribution in [3.05, 3.63) is 11.4 Å². The van der Waals surface area contributed by atoms with E-state index in [1.54, 1.807) is 0 Å². The van der Waals surface area contributed by atoms with Crippen LogP contribution in [0.2, 0.25) is 0 Å². The third kappa shape index (κ3) is 1.90. The van der Waals surface area contributed by atoms with E-state index in [9.17, 15) is 0 Å². The van der Waals surface area contributed by atoms with E-state index in [-0.39, 0.29) is 0 Å². The zero-order valence-corrected chi connectivity index (χ0v) is 8.21. The molecule has 0 aliphatic heterocycles. The van der Waals surface area contributed by atoms with Gasteiger partial charge < -0.3 is 0 Å². The summed E-state index contributed by atoms with van der Waals surface area (Å²) in [4.78, 5) is 0. The molecule has 3 nitrogen and oxygen atoms in total. The largest absolute Gasteiger partial charge is 0.197 e. The van der Waals surface area contributed by atoms with Gasteiger partial charge in [0.25, 0.3) is 0 Å². The van der Waals surface area contributed by atoms with Crippen LogP contribution in [-0.2, 0) is 0 Å². The number of nitrogens with one attached hydrogen (secondary N) is 1. The molecule has 1 aromatic heterocycles. The lowest BCUT2D eigenvalue weighted by Gasteiger charge is -2.10. The summed E-state index contributed by atoms with van der Waals surface area (Å²) in [5.41, 5.74) is 2.30. The van der Waals surface area contributed by atoms with E-state index in [4.69, 9.17) is 0 Å². The zero-order valence-electron chi connectivity index (χ0n) is 8.21. The second-order valence-electron chi connectivity index (χ2n) is 3.98. The Morgan fingerprint density at radius 3 is 2.31 bits per heavy atom. The van der Waals surface area contributed by atoms with Gasteiger partial charge in [-0.2, -0.15) is 15.4 Å². The van der Waals surface area contributed by atoms with Gasteiger partial charge in [0.05, 0.1) is 11.4 Å². The Morgan fingerprint density at radius 1 is 1.08 bits per heavy atom. The Bertz CT molecular complexity index is 259. The first-order valence-corrected chi connectivity index (χ1v) is 5.25. The molecule has 1 fully saturated rings. The molecular formula is C10H17N3. The summed E-state index contributed by atoms with van der Waals surface area (Å²) in [6.07, 6.45) is 8.11. The summed E-state index contributed by atoms with van der Waals surface area (Å²) in [5, 5.41) is 11.0. The molecule has 0 aromatic carbocycles. The minimum Gasteiger partial charge on any atom is -0.197 e. The molecule has 1 aliphatic rings. The van der Waals surface area contributed by atoms with E-state index < -0.39 is 0 Å². The molecule has 1 N–H and O–H groups in total. The van der Waals surface area contributed by atoms with Crippen LogP contribution in [0.3, 0.4) is 0 Å². The van der Waals surface area contributed by atoms with E-state index >= 15 is 0 Å². The lowest BCUT2D eigenvalue weighted by Crippen LogP contribution is -1.99. The number of rotatable bonds is 1. The van der Waals surface area contributed by atoms with Crippen LogP contribution in [0, 0.1) is 6.92 Å². The van der Waals surface area contributed by atoms with Gasteiger partial charge in [0, 0.05) is 5.92 Å². The van der Waals surface area contributed by atoms with Gasteiger partial charge in [0.1, 0.15) is 0 Å². The molecule has 2 rings (SSSR count). The molecule has 0 unspecified atom stereocenters. The molecule has 1 saturated carbocycles. The van der Waals surface area contributed by atoms with Gasteiger partial charge >= 0.3 is 0 Å². The van der Waals surface area contributed by atoms with Gasteiger partial charge in [-0.1, -0.05) is 25.7 Å². The van der Waals surface area contributed by atoms with E-state index in [1.807, 2.05) is 6.92 Å². The van der Waals surface area contributed by atoms with Crippen molar-refractivity contribution >= 4 is 0 Å². The SMILES string of the molecule is Cc1n[nH]nc1C1CCCCCC1. The standard InChI is InChI=1S/C10H17N3/c1-8-10(12-13-11-8)9-6-4-2-3-5-7-9/h9H,2-7H2,1H3,(H,11,12,13). The summed E-state index contributed by atoms with van der Waals surface area (Å²) in [6.45, 7) is 2.05. The number of aromatic nitrogens is 3. The maximum absolute atomic E-state index is 4.24. The molecule has 13 heavy (non-hydrogen) atoms. The van der Waals surface area contributed by atoms with Gasteiger partial charge in [-0.15, -0.1) is 0 Å². The first-order chi connectivity index (χ1) is 6.38. The van der Waals surface area contributed by atoms with E-state index in [0.29, 0.717) is 5.92 Å². The van der Waals surface area contributed by atoms with Crippen molar-refractivity contribution < 1.29 is 0 Å². The molecule has 72 valence electrons. The van der Waals surface area contributed by atoms with Crippen LogP contribution in [0.1, 0.15) is 55.8 Å². The van der Waals surface area contributed by atoms with Gasteiger partial charge in [-0.3, -0.25) is 0 Å². The van der Waals surface area contributed by atoms with Crippen molar-refractivity contribution in [1.82, 2.24) is 15.4 Å². The fourth-order valence-electron chi connectivity index (χ4n) is 2.23. The van der Waals surface area contributed by atoms with Crippen LogP contribution >= 0.6 is 0 Å². The summed E-state index contributed by atoms with van der Waals surface area (Å²) in [6, 6.07) is 0. The summed E-state index contributed by atoms with van der Waals surface area (Å²) in [7, 11) is 0. The minimum atomic E-state index is 0.668. The van der Waals surface area contributed by atoms with Crippen molar-refractivity contribution in [1.29, 1.82) is 0 Å². The highest BCUT2D eigenvalue weighted by Gasteiger charge is 2.18. The van der Waals surface area contributed by atoms with Crippen LogP contribution in [0.25, 0.3) is 0 Å². The maximum atomic E-state index is 4.24. The number of aromatic amines is 1. The lowest BCUT2D eigenvalue weighted by molar-refractivity contribution is 0.573. The highest BCUT2D eigenvalue weighted by molar-refractivity contribution is 5.12. The van der Waals surface area contributed by atoms with Crippen molar-refractivity contribution in [2.75, 3.05) is 0 Å². The van der Waals surface area contributed by atoms with Crippen molar-refractivity contribution in [2.45, 2.75) is 51.4 Å². The molecule has 0 spiro atoms. The van der Waals surface area contributed by atoms with Gasteiger partial charge in [-0.05, 0) is 19.8 Å². The van der Waals surface area contributed by atoms with Crippen molar-refractivity contribution in [3.63, 3.8) is 0 Å². The first kappa shape index (κ1) is 8.73. The second kappa shape index (κ2) is 3.90. The Labute approximate surface area is 78.9 Å². The molecule has 1 aromatic rings. The fraction of sp³-hybridized carbons (Fsp3) is 0.800. The number of nitrogens with zero attached hydrogens (tertiary/aromatic N) is 2. The molecule has 0 saturated heterocycles. The number of hydrogen-bond acceptors (Lipinski definition) is 2. The Balaban J connectivity index is 2.10. The van der Waals surface area contributed by atoms with Gasteiger partial charge in [-0.25, -0.2) is 0 Å². The molecule has 0 radical (unpaired) electrons. The van der Waals surface area contributed by atoms with Crippen LogP contribution in [0.15, 0.2) is 0 Å². The second-order valence-corrected chi connectivity index (χ2v) is 3.98. The molecule has 3 heteroatoms. The summed E-state index contributed by atoms with van der Waals surface area (Å²) in [5.74, 6) is 0.668.